The van der Waals surface area contributed by atoms with Gasteiger partial charge < -0.3 is 4.74 Å². The maximum atomic E-state index is 13.6. The average Bonchev–Trinajstić information content (AvgIpc) is 2.46. The summed E-state index contributed by atoms with van der Waals surface area (Å²) in [6.45, 7) is 4.65. The summed E-state index contributed by atoms with van der Waals surface area (Å²) in [5, 5.41) is 3.23. The maximum Gasteiger partial charge on any atom is 0.137 e. The molecule has 1 aliphatic rings. The Bertz CT molecular complexity index is 381. The van der Waals surface area contributed by atoms with E-state index < -0.39 is 0 Å². The van der Waals surface area contributed by atoms with Gasteiger partial charge in [0.25, 0.3) is 0 Å². The highest BCUT2D eigenvalue weighted by atomic mass is 79.9. The number of halogens is 2. The van der Waals surface area contributed by atoms with Gasteiger partial charge in [-0.15, -0.1) is 0 Å². The molecule has 0 saturated carbocycles. The Hall–Kier alpha value is -0.450. The van der Waals surface area contributed by atoms with Crippen LogP contribution in [0, 0.1) is 5.82 Å². The lowest BCUT2D eigenvalue weighted by Gasteiger charge is -2.17. The summed E-state index contributed by atoms with van der Waals surface area (Å²) in [5.74, 6) is -0.250. The fourth-order valence-corrected chi connectivity index (χ4v) is 1.94. The Morgan fingerprint density at radius 3 is 2.80 bits per heavy atom. The summed E-state index contributed by atoms with van der Waals surface area (Å²) in [4.78, 5) is 0. The molecule has 0 aliphatic carbocycles. The van der Waals surface area contributed by atoms with Gasteiger partial charge in [0.05, 0.1) is 6.61 Å². The third-order valence-corrected chi connectivity index (χ3v) is 2.87. The van der Waals surface area contributed by atoms with Gasteiger partial charge in [-0.25, -0.2) is 4.39 Å². The van der Waals surface area contributed by atoms with E-state index in [0.29, 0.717) is 12.2 Å². The van der Waals surface area contributed by atoms with Crippen LogP contribution >= 0.6 is 15.9 Å². The van der Waals surface area contributed by atoms with E-state index in [1.807, 2.05) is 19.9 Å². The zero-order valence-corrected chi connectivity index (χ0v) is 10.3. The molecule has 1 aromatic carbocycles. The van der Waals surface area contributed by atoms with Gasteiger partial charge in [0, 0.05) is 15.6 Å². The molecule has 1 aliphatic heterocycles. The van der Waals surface area contributed by atoms with Crippen LogP contribution in [0.25, 0.3) is 0 Å². The molecule has 1 unspecified atom stereocenters. The Kier molecular flexibility index (Phi) is 2.83. The summed E-state index contributed by atoms with van der Waals surface area (Å²) >= 11 is 3.23. The number of benzene rings is 1. The maximum absolute atomic E-state index is 13.6. The lowest BCUT2D eigenvalue weighted by atomic mass is 10.1. The zero-order chi connectivity index (χ0) is 11.1. The molecule has 1 N–H and O–H groups in total. The van der Waals surface area contributed by atoms with Crippen LogP contribution in [0.2, 0.25) is 0 Å². The Balaban J connectivity index is 2.24. The molecule has 4 heteroatoms. The number of hydrogen-bond acceptors (Lipinski definition) is 2. The fourth-order valence-electron chi connectivity index (χ4n) is 1.61. The number of ether oxygens (including phenoxy) is 1. The van der Waals surface area contributed by atoms with Crippen LogP contribution in [0.15, 0.2) is 22.7 Å². The second kappa shape index (κ2) is 3.85. The van der Waals surface area contributed by atoms with Gasteiger partial charge in [0.2, 0.25) is 0 Å². The summed E-state index contributed by atoms with van der Waals surface area (Å²) < 4.78 is 19.8. The largest absolute Gasteiger partial charge is 0.357 e. The van der Waals surface area contributed by atoms with Crippen LogP contribution in [-0.2, 0) is 4.74 Å². The topological polar surface area (TPSA) is 21.3 Å². The minimum atomic E-state index is -0.340. The molecule has 2 nitrogen and oxygen atoms in total. The quantitative estimate of drug-likeness (QED) is 0.850. The summed E-state index contributed by atoms with van der Waals surface area (Å²) in [5.41, 5.74) is 0.466. The summed E-state index contributed by atoms with van der Waals surface area (Å²) in [6, 6.07) is 5.00. The van der Waals surface area contributed by atoms with Crippen LogP contribution in [0.1, 0.15) is 25.6 Å². The summed E-state index contributed by atoms with van der Waals surface area (Å²) in [7, 11) is 0. The van der Waals surface area contributed by atoms with E-state index in [0.717, 1.165) is 4.47 Å². The molecule has 0 spiro atoms. The zero-order valence-electron chi connectivity index (χ0n) is 8.68. The van der Waals surface area contributed by atoms with Gasteiger partial charge in [-0.3, -0.25) is 5.32 Å². The smallest absolute Gasteiger partial charge is 0.137 e. The molecule has 15 heavy (non-hydrogen) atoms. The molecule has 0 radical (unpaired) electrons. The lowest BCUT2D eigenvalue weighted by Crippen LogP contribution is -2.36. The van der Waals surface area contributed by atoms with E-state index >= 15 is 0 Å². The van der Waals surface area contributed by atoms with Crippen molar-refractivity contribution in [3.63, 3.8) is 0 Å². The molecular formula is C11H13BrFNO. The molecule has 82 valence electrons. The van der Waals surface area contributed by atoms with Gasteiger partial charge in [-0.05, 0) is 26.0 Å². The number of nitrogens with one attached hydrogen (secondary N) is 1. The van der Waals surface area contributed by atoms with Crippen molar-refractivity contribution in [3.05, 3.63) is 34.1 Å². The van der Waals surface area contributed by atoms with Gasteiger partial charge in [-0.2, -0.15) is 0 Å². The fraction of sp³-hybridized carbons (Fsp3) is 0.455. The van der Waals surface area contributed by atoms with Crippen molar-refractivity contribution in [2.75, 3.05) is 6.61 Å². The highest BCUT2D eigenvalue weighted by molar-refractivity contribution is 9.10. The Morgan fingerprint density at radius 2 is 2.27 bits per heavy atom. The second-order valence-electron chi connectivity index (χ2n) is 4.39. The van der Waals surface area contributed by atoms with E-state index in [1.165, 1.54) is 6.07 Å². The SMILES string of the molecule is CC1(C)COC(c2ccc(Br)cc2F)N1. The van der Waals surface area contributed by atoms with Crippen molar-refractivity contribution in [2.24, 2.45) is 0 Å². The summed E-state index contributed by atoms with van der Waals surface area (Å²) in [6.07, 6.45) is -0.340. The van der Waals surface area contributed by atoms with Crippen molar-refractivity contribution < 1.29 is 9.13 Å². The number of rotatable bonds is 1. The molecule has 1 saturated heterocycles. The molecule has 1 aromatic rings. The molecule has 0 bridgehead atoms. The first kappa shape index (κ1) is 11.0. The van der Waals surface area contributed by atoms with Gasteiger partial charge >= 0.3 is 0 Å². The highest BCUT2D eigenvalue weighted by Crippen LogP contribution is 2.28. The molecule has 1 atom stereocenters. The Morgan fingerprint density at radius 1 is 1.53 bits per heavy atom. The molecular weight excluding hydrogens is 261 g/mol. The van der Waals surface area contributed by atoms with E-state index in [4.69, 9.17) is 4.74 Å². The van der Waals surface area contributed by atoms with Crippen LogP contribution in [0.5, 0.6) is 0 Å². The molecule has 2 rings (SSSR count). The first-order valence-electron chi connectivity index (χ1n) is 4.82. The average molecular weight is 274 g/mol. The standard InChI is InChI=1S/C11H13BrFNO/c1-11(2)6-15-10(14-11)8-4-3-7(12)5-9(8)13/h3-5,10,14H,6H2,1-2H3. The monoisotopic (exact) mass is 273 g/mol. The highest BCUT2D eigenvalue weighted by Gasteiger charge is 2.32. The molecule has 1 heterocycles. The first-order chi connectivity index (χ1) is 6.98. The van der Waals surface area contributed by atoms with Gasteiger partial charge in [0.1, 0.15) is 12.0 Å². The Labute approximate surface area is 96.9 Å². The predicted molar refractivity (Wildman–Crippen MR) is 60.0 cm³/mol. The van der Waals surface area contributed by atoms with Crippen LogP contribution in [-0.4, -0.2) is 12.1 Å². The molecule has 1 fully saturated rings. The van der Waals surface area contributed by atoms with Gasteiger partial charge in [0.15, 0.2) is 0 Å². The third-order valence-electron chi connectivity index (χ3n) is 2.38. The van der Waals surface area contributed by atoms with E-state index in [1.54, 1.807) is 6.07 Å². The first-order valence-corrected chi connectivity index (χ1v) is 5.61. The molecule has 0 amide bonds. The molecule has 0 aromatic heterocycles. The second-order valence-corrected chi connectivity index (χ2v) is 5.30. The minimum Gasteiger partial charge on any atom is -0.357 e. The number of hydrogen-bond donors (Lipinski definition) is 1. The van der Waals surface area contributed by atoms with Crippen LogP contribution in [0.4, 0.5) is 4.39 Å². The van der Waals surface area contributed by atoms with E-state index in [9.17, 15) is 4.39 Å². The van der Waals surface area contributed by atoms with E-state index in [2.05, 4.69) is 21.2 Å². The van der Waals surface area contributed by atoms with E-state index in [-0.39, 0.29) is 17.6 Å². The van der Waals surface area contributed by atoms with Crippen molar-refractivity contribution >= 4 is 15.9 Å². The predicted octanol–water partition coefficient (Wildman–Crippen LogP) is 2.99. The van der Waals surface area contributed by atoms with Crippen molar-refractivity contribution in [1.82, 2.24) is 5.32 Å². The van der Waals surface area contributed by atoms with Crippen LogP contribution in [0.3, 0.4) is 0 Å². The van der Waals surface area contributed by atoms with Crippen LogP contribution < -0.4 is 5.32 Å². The van der Waals surface area contributed by atoms with Crippen molar-refractivity contribution in [2.45, 2.75) is 25.6 Å². The van der Waals surface area contributed by atoms with Crippen molar-refractivity contribution in [3.8, 4) is 0 Å². The minimum absolute atomic E-state index is 0.0931. The normalized spacial score (nSPS) is 24.4. The van der Waals surface area contributed by atoms with Crippen molar-refractivity contribution in [1.29, 1.82) is 0 Å². The third kappa shape index (κ3) is 2.38. The lowest BCUT2D eigenvalue weighted by molar-refractivity contribution is 0.0960. The van der Waals surface area contributed by atoms with Gasteiger partial charge in [-0.1, -0.05) is 22.0 Å².